The molecule has 42 heavy (non-hydrogen) atoms. The predicted octanol–water partition coefficient (Wildman–Crippen LogP) is 10.2. The molecule has 0 aliphatic carbocycles. The van der Waals surface area contributed by atoms with Crippen molar-refractivity contribution in [2.75, 3.05) is 54.5 Å². The van der Waals surface area contributed by atoms with Crippen LogP contribution < -0.4 is 9.47 Å². The van der Waals surface area contributed by atoms with Gasteiger partial charge in [-0.25, -0.2) is 0 Å². The molecule has 0 heterocycles. The molecular formula is C36H60N4O2. The van der Waals surface area contributed by atoms with Crippen molar-refractivity contribution in [1.29, 1.82) is 0 Å². The van der Waals surface area contributed by atoms with E-state index in [1.54, 1.807) is 0 Å². The van der Waals surface area contributed by atoms with Crippen LogP contribution in [0.3, 0.4) is 0 Å². The molecule has 0 unspecified atom stereocenters. The van der Waals surface area contributed by atoms with Crippen molar-refractivity contribution in [3.8, 4) is 11.5 Å². The monoisotopic (exact) mass is 580 g/mol. The number of benzene rings is 2. The third kappa shape index (κ3) is 19.6. The van der Waals surface area contributed by atoms with Gasteiger partial charge >= 0.3 is 0 Å². The Morgan fingerprint density at radius 3 is 1.00 bits per heavy atom. The van der Waals surface area contributed by atoms with Crippen LogP contribution in [0.1, 0.15) is 103 Å². The second-order valence-corrected chi connectivity index (χ2v) is 12.1. The van der Waals surface area contributed by atoms with Gasteiger partial charge in [-0.2, -0.15) is 10.2 Å². The van der Waals surface area contributed by atoms with Crippen LogP contribution in [-0.2, 0) is 0 Å². The Balaban J connectivity index is 1.49. The van der Waals surface area contributed by atoms with Crippen LogP contribution in [0.15, 0.2) is 58.8 Å². The summed E-state index contributed by atoms with van der Waals surface area (Å²) in [6, 6.07) is 15.7. The molecule has 6 nitrogen and oxygen atoms in total. The van der Waals surface area contributed by atoms with Gasteiger partial charge in [0.15, 0.2) is 0 Å². The summed E-state index contributed by atoms with van der Waals surface area (Å²) in [4.78, 5) is 4.54. The van der Waals surface area contributed by atoms with Crippen molar-refractivity contribution in [1.82, 2.24) is 9.80 Å². The Hall–Kier alpha value is -2.44. The maximum atomic E-state index is 5.91. The minimum atomic E-state index is 0.773. The number of hydrogen-bond donors (Lipinski definition) is 0. The fraction of sp³-hybridized carbons (Fsp3) is 0.667. The molecule has 236 valence electrons. The van der Waals surface area contributed by atoms with Gasteiger partial charge in [0.2, 0.25) is 0 Å². The van der Waals surface area contributed by atoms with Crippen molar-refractivity contribution in [3.05, 3.63) is 48.5 Å². The van der Waals surface area contributed by atoms with Gasteiger partial charge in [-0.3, -0.25) is 0 Å². The molecule has 0 aliphatic rings. The van der Waals surface area contributed by atoms with E-state index in [0.29, 0.717) is 0 Å². The second-order valence-electron chi connectivity index (χ2n) is 12.1. The molecule has 0 radical (unpaired) electrons. The third-order valence-corrected chi connectivity index (χ3v) is 7.49. The van der Waals surface area contributed by atoms with Crippen molar-refractivity contribution in [3.63, 3.8) is 0 Å². The lowest BCUT2D eigenvalue weighted by molar-refractivity contribution is 0.304. The van der Waals surface area contributed by atoms with E-state index >= 15 is 0 Å². The zero-order valence-electron chi connectivity index (χ0n) is 27.4. The second kappa shape index (κ2) is 24.0. The van der Waals surface area contributed by atoms with Gasteiger partial charge in [-0.05, 0) is 115 Å². The lowest BCUT2D eigenvalue weighted by Crippen LogP contribution is -2.12. The first-order valence-electron chi connectivity index (χ1n) is 16.7. The number of azo groups is 1. The summed E-state index contributed by atoms with van der Waals surface area (Å²) in [5.74, 6) is 1.79. The first-order valence-corrected chi connectivity index (χ1v) is 16.7. The van der Waals surface area contributed by atoms with Crippen LogP contribution in [0.2, 0.25) is 0 Å². The fourth-order valence-electron chi connectivity index (χ4n) is 4.90. The van der Waals surface area contributed by atoms with Gasteiger partial charge in [-0.15, -0.1) is 0 Å². The predicted molar refractivity (Wildman–Crippen MR) is 179 cm³/mol. The number of ether oxygens (including phenoxy) is 2. The molecule has 2 aromatic rings. The summed E-state index contributed by atoms with van der Waals surface area (Å²) >= 11 is 0. The highest BCUT2D eigenvalue weighted by atomic mass is 16.5. The van der Waals surface area contributed by atoms with E-state index in [1.807, 2.05) is 48.5 Å². The molecule has 0 N–H and O–H groups in total. The summed E-state index contributed by atoms with van der Waals surface area (Å²) < 4.78 is 11.8. The number of rotatable bonds is 26. The van der Waals surface area contributed by atoms with E-state index in [4.69, 9.17) is 9.47 Å². The van der Waals surface area contributed by atoms with Crippen LogP contribution in [0.25, 0.3) is 0 Å². The summed E-state index contributed by atoms with van der Waals surface area (Å²) in [5.41, 5.74) is 1.64. The standard InChI is InChI=1S/C36H60N4O2/c1-39(2)29-17-13-9-5-7-11-15-19-31-41-35-25-21-33(22-26-35)37-38-34-23-27-36(28-24-34)42-32-20-16-12-8-6-10-14-18-30-40(3)4/h21-28H,5-20,29-32H2,1-4H3. The molecular weight excluding hydrogens is 520 g/mol. The minimum absolute atomic E-state index is 0.773. The zero-order valence-corrected chi connectivity index (χ0v) is 27.4. The Labute approximate surface area is 257 Å². The van der Waals surface area contributed by atoms with Gasteiger partial charge in [0, 0.05) is 0 Å². The summed E-state index contributed by atoms with van der Waals surface area (Å²) in [6.45, 7) is 3.97. The first-order chi connectivity index (χ1) is 20.5. The van der Waals surface area contributed by atoms with E-state index in [-0.39, 0.29) is 0 Å². The molecule has 0 aromatic heterocycles. The largest absolute Gasteiger partial charge is 0.494 e. The average molecular weight is 581 g/mol. The van der Waals surface area contributed by atoms with Crippen molar-refractivity contribution >= 4 is 11.4 Å². The van der Waals surface area contributed by atoms with E-state index in [0.717, 1.165) is 48.9 Å². The summed E-state index contributed by atoms with van der Waals surface area (Å²) in [5, 5.41) is 8.74. The molecule has 0 fully saturated rings. The third-order valence-electron chi connectivity index (χ3n) is 7.49. The highest BCUT2D eigenvalue weighted by Gasteiger charge is 1.99. The lowest BCUT2D eigenvalue weighted by Gasteiger charge is -2.08. The van der Waals surface area contributed by atoms with Gasteiger partial charge in [0.25, 0.3) is 0 Å². The van der Waals surface area contributed by atoms with Crippen molar-refractivity contribution < 1.29 is 9.47 Å². The highest BCUT2D eigenvalue weighted by Crippen LogP contribution is 2.23. The summed E-state index contributed by atoms with van der Waals surface area (Å²) in [6.07, 6.45) is 20.8. The molecule has 0 saturated carbocycles. The fourth-order valence-corrected chi connectivity index (χ4v) is 4.90. The molecule has 0 atom stereocenters. The lowest BCUT2D eigenvalue weighted by atomic mass is 10.1. The maximum Gasteiger partial charge on any atom is 0.119 e. The quantitative estimate of drug-likeness (QED) is 0.0820. The normalized spacial score (nSPS) is 11.7. The SMILES string of the molecule is CN(C)CCCCCCCCCCOc1ccc(N=Nc2ccc(OCCCCCCCCCCN(C)C)cc2)cc1. The molecule has 2 rings (SSSR count). The van der Waals surface area contributed by atoms with Crippen LogP contribution >= 0.6 is 0 Å². The number of unbranched alkanes of at least 4 members (excludes halogenated alkanes) is 14. The molecule has 0 aliphatic heterocycles. The molecule has 2 aromatic carbocycles. The Morgan fingerprint density at radius 2 is 0.690 bits per heavy atom. The van der Waals surface area contributed by atoms with E-state index in [9.17, 15) is 0 Å². The van der Waals surface area contributed by atoms with Crippen LogP contribution in [0.5, 0.6) is 11.5 Å². The Bertz CT molecular complexity index is 838. The molecule has 0 amide bonds. The topological polar surface area (TPSA) is 49.7 Å². The summed E-state index contributed by atoms with van der Waals surface area (Å²) in [7, 11) is 8.60. The maximum absolute atomic E-state index is 5.91. The van der Waals surface area contributed by atoms with Crippen LogP contribution in [0.4, 0.5) is 11.4 Å². The number of hydrogen-bond acceptors (Lipinski definition) is 6. The van der Waals surface area contributed by atoms with Crippen molar-refractivity contribution in [2.24, 2.45) is 10.2 Å². The van der Waals surface area contributed by atoms with Gasteiger partial charge in [0.1, 0.15) is 11.5 Å². The smallest absolute Gasteiger partial charge is 0.119 e. The minimum Gasteiger partial charge on any atom is -0.494 e. The van der Waals surface area contributed by atoms with Gasteiger partial charge in [-0.1, -0.05) is 77.0 Å². The molecule has 0 bridgehead atoms. The number of nitrogens with zero attached hydrogens (tertiary/aromatic N) is 4. The Kier molecular flexibility index (Phi) is 20.5. The van der Waals surface area contributed by atoms with Gasteiger partial charge in [0.05, 0.1) is 24.6 Å². The molecule has 0 spiro atoms. The van der Waals surface area contributed by atoms with E-state index in [2.05, 4.69) is 48.2 Å². The Morgan fingerprint density at radius 1 is 0.405 bits per heavy atom. The van der Waals surface area contributed by atoms with Gasteiger partial charge < -0.3 is 19.3 Å². The van der Waals surface area contributed by atoms with E-state index < -0.39 is 0 Å². The van der Waals surface area contributed by atoms with Crippen molar-refractivity contribution in [2.45, 2.75) is 103 Å². The average Bonchev–Trinajstić information content (AvgIpc) is 2.98. The molecule has 0 saturated heterocycles. The zero-order chi connectivity index (χ0) is 30.1. The van der Waals surface area contributed by atoms with E-state index in [1.165, 1.54) is 103 Å². The van der Waals surface area contributed by atoms with Crippen LogP contribution in [-0.4, -0.2) is 64.3 Å². The first kappa shape index (κ1) is 35.8. The highest BCUT2D eigenvalue weighted by molar-refractivity contribution is 5.44. The van der Waals surface area contributed by atoms with Crippen LogP contribution in [0, 0.1) is 0 Å². The molecule has 6 heteroatoms.